The highest BCUT2D eigenvalue weighted by atomic mass is 35.5. The van der Waals surface area contributed by atoms with Gasteiger partial charge in [0, 0.05) is 44.2 Å². The maximum Gasteiger partial charge on any atom is 0.243 e. The molecule has 0 radical (unpaired) electrons. The molecule has 3 rings (SSSR count). The van der Waals surface area contributed by atoms with Gasteiger partial charge in [-0.2, -0.15) is 4.31 Å². The topological polar surface area (TPSA) is 86.8 Å². The molecule has 28 heavy (non-hydrogen) atoms. The third-order valence-corrected chi connectivity index (χ3v) is 7.43. The van der Waals surface area contributed by atoms with Gasteiger partial charge < -0.3 is 10.2 Å². The molecule has 9 heteroatoms. The molecule has 0 aromatic heterocycles. The Morgan fingerprint density at radius 1 is 1.07 bits per heavy atom. The van der Waals surface area contributed by atoms with Gasteiger partial charge in [0.25, 0.3) is 0 Å². The van der Waals surface area contributed by atoms with E-state index in [2.05, 4.69) is 5.32 Å². The second-order valence-electron chi connectivity index (χ2n) is 7.29. The van der Waals surface area contributed by atoms with E-state index in [9.17, 15) is 18.0 Å². The number of amides is 2. The molecule has 2 aliphatic heterocycles. The lowest BCUT2D eigenvalue weighted by atomic mass is 9.99. The molecule has 0 spiro atoms. The number of sulfonamides is 1. The smallest absolute Gasteiger partial charge is 0.243 e. The number of nitrogens with zero attached hydrogens (tertiary/aromatic N) is 2. The number of benzene rings is 1. The zero-order chi connectivity index (χ0) is 20.1. The molecular weight excluding hydrogens is 402 g/mol. The van der Waals surface area contributed by atoms with Crippen molar-refractivity contribution in [3.05, 3.63) is 29.3 Å². The Morgan fingerprint density at radius 2 is 1.75 bits per heavy atom. The maximum atomic E-state index is 12.8. The van der Waals surface area contributed by atoms with Crippen molar-refractivity contribution in [1.82, 2.24) is 14.5 Å². The molecule has 1 aromatic carbocycles. The predicted octanol–water partition coefficient (Wildman–Crippen LogP) is 1.87. The highest BCUT2D eigenvalue weighted by Gasteiger charge is 2.33. The van der Waals surface area contributed by atoms with E-state index in [0.717, 1.165) is 25.9 Å². The fourth-order valence-electron chi connectivity index (χ4n) is 3.69. The third-order valence-electron chi connectivity index (χ3n) is 5.30. The normalized spacial score (nSPS) is 20.9. The highest BCUT2D eigenvalue weighted by molar-refractivity contribution is 7.89. The van der Waals surface area contributed by atoms with Gasteiger partial charge in [-0.05, 0) is 49.9 Å². The van der Waals surface area contributed by atoms with Crippen molar-refractivity contribution >= 4 is 33.4 Å². The molecule has 0 saturated carbocycles. The molecule has 0 unspecified atom stereocenters. The van der Waals surface area contributed by atoms with Gasteiger partial charge in [0.1, 0.15) is 0 Å². The summed E-state index contributed by atoms with van der Waals surface area (Å²) < 4.78 is 27.0. The molecule has 0 bridgehead atoms. The van der Waals surface area contributed by atoms with Gasteiger partial charge >= 0.3 is 0 Å². The number of carbonyl (C=O) groups is 2. The molecule has 1 atom stereocenters. The van der Waals surface area contributed by atoms with Crippen molar-refractivity contribution in [3.63, 3.8) is 0 Å². The maximum absolute atomic E-state index is 12.8. The zero-order valence-electron chi connectivity index (χ0n) is 15.8. The molecule has 2 amide bonds. The van der Waals surface area contributed by atoms with Gasteiger partial charge in [-0.1, -0.05) is 11.6 Å². The quantitative estimate of drug-likeness (QED) is 0.750. The van der Waals surface area contributed by atoms with Gasteiger partial charge in [-0.3, -0.25) is 9.59 Å². The Hall–Kier alpha value is -1.64. The standard InChI is InChI=1S/C19H26ClN3O4S/c20-16-5-7-17(8-6-16)28(26,27)23-13-3-4-15(14-23)19(25)21-10-9-18(24)22-11-1-2-12-22/h5-8,15H,1-4,9-14H2,(H,21,25)/t15-/m1/s1. The molecule has 2 heterocycles. The molecule has 2 fully saturated rings. The predicted molar refractivity (Wildman–Crippen MR) is 106 cm³/mol. The summed E-state index contributed by atoms with van der Waals surface area (Å²) >= 11 is 5.84. The summed E-state index contributed by atoms with van der Waals surface area (Å²) in [5.41, 5.74) is 0. The van der Waals surface area contributed by atoms with Crippen LogP contribution in [0, 0.1) is 5.92 Å². The van der Waals surface area contributed by atoms with E-state index in [1.54, 1.807) is 12.1 Å². The molecule has 0 aliphatic carbocycles. The summed E-state index contributed by atoms with van der Waals surface area (Å²) in [5, 5.41) is 3.27. The first-order valence-corrected chi connectivity index (χ1v) is 11.5. The second kappa shape index (κ2) is 9.24. The average Bonchev–Trinajstić information content (AvgIpc) is 3.23. The summed E-state index contributed by atoms with van der Waals surface area (Å²) in [7, 11) is -3.66. The fraction of sp³-hybridized carbons (Fsp3) is 0.579. The average molecular weight is 428 g/mol. The van der Waals surface area contributed by atoms with E-state index in [1.807, 2.05) is 4.90 Å². The molecule has 7 nitrogen and oxygen atoms in total. The van der Waals surface area contributed by atoms with E-state index >= 15 is 0 Å². The van der Waals surface area contributed by atoms with Crippen LogP contribution in [0.1, 0.15) is 32.1 Å². The number of nitrogens with one attached hydrogen (secondary N) is 1. The van der Waals surface area contributed by atoms with Crippen LogP contribution in [0.2, 0.25) is 5.02 Å². The number of hydrogen-bond acceptors (Lipinski definition) is 4. The first-order valence-electron chi connectivity index (χ1n) is 9.69. The molecule has 2 aliphatic rings. The van der Waals surface area contributed by atoms with Crippen LogP contribution < -0.4 is 5.32 Å². The van der Waals surface area contributed by atoms with Crippen LogP contribution >= 0.6 is 11.6 Å². The van der Waals surface area contributed by atoms with Crippen LogP contribution in [0.15, 0.2) is 29.2 Å². The van der Waals surface area contributed by atoms with E-state index in [-0.39, 0.29) is 36.2 Å². The van der Waals surface area contributed by atoms with E-state index < -0.39 is 15.9 Å². The van der Waals surface area contributed by atoms with Crippen molar-refractivity contribution in [2.24, 2.45) is 5.92 Å². The third kappa shape index (κ3) is 5.04. The Balaban J connectivity index is 1.52. The molecule has 2 saturated heterocycles. The van der Waals surface area contributed by atoms with E-state index in [0.29, 0.717) is 24.4 Å². The van der Waals surface area contributed by atoms with Gasteiger partial charge in [-0.25, -0.2) is 8.42 Å². The number of carbonyl (C=O) groups excluding carboxylic acids is 2. The number of halogens is 1. The van der Waals surface area contributed by atoms with Crippen LogP contribution in [0.5, 0.6) is 0 Å². The summed E-state index contributed by atoms with van der Waals surface area (Å²) in [6.45, 7) is 2.42. The molecular formula is C19H26ClN3O4S. The minimum Gasteiger partial charge on any atom is -0.355 e. The summed E-state index contributed by atoms with van der Waals surface area (Å²) in [6, 6.07) is 6.04. The van der Waals surface area contributed by atoms with Crippen molar-refractivity contribution in [2.75, 3.05) is 32.7 Å². The van der Waals surface area contributed by atoms with Crippen LogP contribution in [-0.4, -0.2) is 62.2 Å². The summed E-state index contributed by atoms with van der Waals surface area (Å²) in [4.78, 5) is 26.5. The van der Waals surface area contributed by atoms with Crippen molar-refractivity contribution in [3.8, 4) is 0 Å². The number of hydrogen-bond donors (Lipinski definition) is 1. The SMILES string of the molecule is O=C(NCCC(=O)N1CCCC1)[C@@H]1CCCN(S(=O)(=O)c2ccc(Cl)cc2)C1. The van der Waals surface area contributed by atoms with Gasteiger partial charge in [0.05, 0.1) is 10.8 Å². The fourth-order valence-corrected chi connectivity index (χ4v) is 5.34. The Bertz CT molecular complexity index is 807. The number of likely N-dealkylation sites (tertiary alicyclic amines) is 1. The van der Waals surface area contributed by atoms with Crippen LogP contribution in [0.3, 0.4) is 0 Å². The minimum atomic E-state index is -3.66. The monoisotopic (exact) mass is 427 g/mol. The van der Waals surface area contributed by atoms with Crippen LogP contribution in [0.4, 0.5) is 0 Å². The summed E-state index contributed by atoms with van der Waals surface area (Å²) in [5.74, 6) is -0.531. The van der Waals surface area contributed by atoms with Crippen molar-refractivity contribution in [2.45, 2.75) is 37.0 Å². The highest BCUT2D eigenvalue weighted by Crippen LogP contribution is 2.24. The van der Waals surface area contributed by atoms with Crippen molar-refractivity contribution in [1.29, 1.82) is 0 Å². The Labute approximate surface area is 171 Å². The lowest BCUT2D eigenvalue weighted by molar-refractivity contribution is -0.130. The number of rotatable bonds is 6. The molecule has 1 N–H and O–H groups in total. The molecule has 154 valence electrons. The zero-order valence-corrected chi connectivity index (χ0v) is 17.3. The first kappa shape index (κ1) is 21.1. The van der Waals surface area contributed by atoms with E-state index in [1.165, 1.54) is 16.4 Å². The minimum absolute atomic E-state index is 0.0633. The second-order valence-corrected chi connectivity index (χ2v) is 9.66. The lowest BCUT2D eigenvalue weighted by Gasteiger charge is -2.31. The largest absolute Gasteiger partial charge is 0.355 e. The van der Waals surface area contributed by atoms with Gasteiger partial charge in [0.2, 0.25) is 21.8 Å². The molecule has 1 aromatic rings. The number of piperidine rings is 1. The van der Waals surface area contributed by atoms with Crippen molar-refractivity contribution < 1.29 is 18.0 Å². The van der Waals surface area contributed by atoms with Crippen LogP contribution in [0.25, 0.3) is 0 Å². The van der Waals surface area contributed by atoms with Gasteiger partial charge in [-0.15, -0.1) is 0 Å². The first-order chi connectivity index (χ1) is 13.4. The summed E-state index contributed by atoms with van der Waals surface area (Å²) in [6.07, 6.45) is 3.62. The van der Waals surface area contributed by atoms with Gasteiger partial charge in [0.15, 0.2) is 0 Å². The Morgan fingerprint density at radius 3 is 2.43 bits per heavy atom. The lowest BCUT2D eigenvalue weighted by Crippen LogP contribution is -2.45. The van der Waals surface area contributed by atoms with E-state index in [4.69, 9.17) is 11.6 Å². The van der Waals surface area contributed by atoms with Crippen LogP contribution in [-0.2, 0) is 19.6 Å². The Kier molecular flexibility index (Phi) is 6.95.